The lowest BCUT2D eigenvalue weighted by molar-refractivity contribution is -0.142. The van der Waals surface area contributed by atoms with Crippen molar-refractivity contribution in [3.05, 3.63) is 0 Å². The van der Waals surface area contributed by atoms with Crippen LogP contribution in [0.25, 0.3) is 0 Å². The molecule has 2 atom stereocenters. The fraction of sp³-hybridized carbons (Fsp3) is 0.667. The second-order valence-corrected chi connectivity index (χ2v) is 4.54. The monoisotopic (exact) mass is 303 g/mol. The van der Waals surface area contributed by atoms with Crippen molar-refractivity contribution in [2.24, 2.45) is 5.73 Å². The number of nitrogens with one attached hydrogen (secondary N) is 2. The van der Waals surface area contributed by atoms with Crippen LogP contribution in [-0.2, 0) is 19.2 Å². The summed E-state index contributed by atoms with van der Waals surface area (Å²) < 4.78 is 0. The minimum atomic E-state index is -1.17. The number of carbonyl (C=O) groups excluding carboxylic acids is 2. The molecule has 9 nitrogen and oxygen atoms in total. The third-order valence-electron chi connectivity index (χ3n) is 2.71. The Morgan fingerprint density at radius 2 is 1.62 bits per heavy atom. The lowest BCUT2D eigenvalue weighted by atomic mass is 10.1. The summed E-state index contributed by atoms with van der Waals surface area (Å²) in [5.74, 6) is -3.27. The molecule has 0 aromatic rings. The van der Waals surface area contributed by atoms with Gasteiger partial charge >= 0.3 is 11.9 Å². The normalized spacial score (nSPS) is 13.0. The van der Waals surface area contributed by atoms with Gasteiger partial charge in [-0.3, -0.25) is 14.4 Å². The number of amides is 2. The third kappa shape index (κ3) is 8.58. The van der Waals surface area contributed by atoms with Crippen LogP contribution in [0.15, 0.2) is 0 Å². The molecule has 0 aliphatic heterocycles. The van der Waals surface area contributed by atoms with E-state index in [9.17, 15) is 19.2 Å². The van der Waals surface area contributed by atoms with Crippen LogP contribution >= 0.6 is 0 Å². The van der Waals surface area contributed by atoms with Crippen molar-refractivity contribution in [1.82, 2.24) is 10.6 Å². The first kappa shape index (κ1) is 18.8. The molecule has 9 heteroatoms. The van der Waals surface area contributed by atoms with Gasteiger partial charge in [-0.05, 0) is 19.8 Å². The molecule has 0 heterocycles. The van der Waals surface area contributed by atoms with Gasteiger partial charge in [0.05, 0.1) is 6.54 Å². The minimum Gasteiger partial charge on any atom is -0.480 e. The van der Waals surface area contributed by atoms with E-state index >= 15 is 0 Å². The van der Waals surface area contributed by atoms with Gasteiger partial charge in [-0.15, -0.1) is 0 Å². The maximum atomic E-state index is 11.4. The lowest BCUT2D eigenvalue weighted by Crippen LogP contribution is -2.43. The quantitative estimate of drug-likeness (QED) is 0.312. The van der Waals surface area contributed by atoms with Gasteiger partial charge in [0.2, 0.25) is 11.8 Å². The van der Waals surface area contributed by atoms with Gasteiger partial charge in [0, 0.05) is 6.42 Å². The largest absolute Gasteiger partial charge is 0.480 e. The van der Waals surface area contributed by atoms with Gasteiger partial charge in [0.25, 0.3) is 0 Å². The van der Waals surface area contributed by atoms with Gasteiger partial charge < -0.3 is 26.6 Å². The smallest absolute Gasteiger partial charge is 0.326 e. The van der Waals surface area contributed by atoms with Gasteiger partial charge in [-0.1, -0.05) is 6.42 Å². The molecule has 120 valence electrons. The van der Waals surface area contributed by atoms with Crippen molar-refractivity contribution < 1.29 is 29.4 Å². The Balaban J connectivity index is 4.00. The van der Waals surface area contributed by atoms with Crippen molar-refractivity contribution >= 4 is 23.8 Å². The Kier molecular flexibility index (Phi) is 8.70. The molecule has 0 radical (unpaired) electrons. The van der Waals surface area contributed by atoms with E-state index in [4.69, 9.17) is 15.9 Å². The van der Waals surface area contributed by atoms with Gasteiger partial charge in [0.1, 0.15) is 12.1 Å². The molecule has 0 spiro atoms. The summed E-state index contributed by atoms with van der Waals surface area (Å²) in [4.78, 5) is 43.8. The van der Waals surface area contributed by atoms with Crippen molar-refractivity contribution in [3.8, 4) is 0 Å². The number of carboxylic acids is 2. The molecule has 0 saturated heterocycles. The van der Waals surface area contributed by atoms with E-state index in [0.717, 1.165) is 0 Å². The molecule has 0 aliphatic carbocycles. The Morgan fingerprint density at radius 1 is 1.00 bits per heavy atom. The highest BCUT2D eigenvalue weighted by Gasteiger charge is 2.19. The van der Waals surface area contributed by atoms with Crippen LogP contribution in [0, 0.1) is 0 Å². The molecule has 21 heavy (non-hydrogen) atoms. The van der Waals surface area contributed by atoms with Crippen molar-refractivity contribution in [2.75, 3.05) is 6.54 Å². The predicted octanol–water partition coefficient (Wildman–Crippen LogP) is -1.34. The van der Waals surface area contributed by atoms with E-state index in [-0.39, 0.29) is 19.4 Å². The summed E-state index contributed by atoms with van der Waals surface area (Å²) >= 11 is 0. The van der Waals surface area contributed by atoms with Crippen LogP contribution in [0.1, 0.15) is 32.6 Å². The zero-order valence-corrected chi connectivity index (χ0v) is 11.8. The van der Waals surface area contributed by atoms with Crippen LogP contribution in [-0.4, -0.2) is 52.6 Å². The summed E-state index contributed by atoms with van der Waals surface area (Å²) in [5.41, 5.74) is 5.08. The molecule has 2 amide bonds. The van der Waals surface area contributed by atoms with E-state index in [1.807, 2.05) is 0 Å². The molecule has 2 unspecified atom stereocenters. The first-order chi connectivity index (χ1) is 9.77. The Hall–Kier alpha value is -2.16. The molecule has 0 aromatic heterocycles. The number of nitrogens with two attached hydrogens (primary N) is 1. The predicted molar refractivity (Wildman–Crippen MR) is 72.3 cm³/mol. The van der Waals surface area contributed by atoms with E-state index < -0.39 is 35.8 Å². The van der Waals surface area contributed by atoms with Crippen LogP contribution in [0.3, 0.4) is 0 Å². The minimum absolute atomic E-state index is 0.0921. The number of unbranched alkanes of at least 4 members (excludes halogenated alkanes) is 1. The SMILES string of the molecule is CC(NC(=O)CCCCC(NC(=O)CN)C(=O)O)C(=O)O. The second kappa shape index (κ2) is 9.70. The molecule has 0 bridgehead atoms. The zero-order chi connectivity index (χ0) is 16.4. The summed E-state index contributed by atoms with van der Waals surface area (Å²) in [6, 6.07) is -2.00. The summed E-state index contributed by atoms with van der Waals surface area (Å²) in [5, 5.41) is 22.1. The van der Waals surface area contributed by atoms with Crippen molar-refractivity contribution in [1.29, 1.82) is 0 Å². The fourth-order valence-electron chi connectivity index (χ4n) is 1.52. The highest BCUT2D eigenvalue weighted by atomic mass is 16.4. The highest BCUT2D eigenvalue weighted by molar-refractivity contribution is 5.84. The van der Waals surface area contributed by atoms with E-state index in [2.05, 4.69) is 10.6 Å². The molecule has 0 saturated carbocycles. The lowest BCUT2D eigenvalue weighted by Gasteiger charge is -2.14. The van der Waals surface area contributed by atoms with Crippen LogP contribution in [0.5, 0.6) is 0 Å². The molecule has 0 aromatic carbocycles. The first-order valence-corrected chi connectivity index (χ1v) is 6.52. The Labute approximate surface area is 121 Å². The summed E-state index contributed by atoms with van der Waals surface area (Å²) in [6.07, 6.45) is 1.05. The Bertz CT molecular complexity index is 398. The van der Waals surface area contributed by atoms with Crippen LogP contribution < -0.4 is 16.4 Å². The number of hydrogen-bond acceptors (Lipinski definition) is 5. The molecular formula is C12H21N3O6. The first-order valence-electron chi connectivity index (χ1n) is 6.52. The van der Waals surface area contributed by atoms with Gasteiger partial charge in [-0.25, -0.2) is 4.79 Å². The van der Waals surface area contributed by atoms with E-state index in [1.165, 1.54) is 6.92 Å². The number of rotatable bonds is 10. The van der Waals surface area contributed by atoms with Gasteiger partial charge in [-0.2, -0.15) is 0 Å². The fourth-order valence-corrected chi connectivity index (χ4v) is 1.52. The summed E-state index contributed by atoms with van der Waals surface area (Å²) in [7, 11) is 0. The van der Waals surface area contributed by atoms with E-state index in [1.54, 1.807) is 0 Å². The standard InChI is InChI=1S/C12H21N3O6/c1-7(11(18)19)14-9(16)5-3-2-4-8(12(20)21)15-10(17)6-13/h7-8H,2-6,13H2,1H3,(H,14,16)(H,15,17)(H,18,19)(H,20,21). The third-order valence-corrected chi connectivity index (χ3v) is 2.71. The van der Waals surface area contributed by atoms with Crippen LogP contribution in [0.4, 0.5) is 0 Å². The van der Waals surface area contributed by atoms with Crippen molar-refractivity contribution in [2.45, 2.75) is 44.7 Å². The highest BCUT2D eigenvalue weighted by Crippen LogP contribution is 2.04. The number of carboxylic acid groups (broad SMARTS) is 2. The Morgan fingerprint density at radius 3 is 2.10 bits per heavy atom. The average molecular weight is 303 g/mol. The molecule has 6 N–H and O–H groups in total. The average Bonchev–Trinajstić information content (AvgIpc) is 2.41. The number of carbonyl (C=O) groups is 4. The van der Waals surface area contributed by atoms with Crippen molar-refractivity contribution in [3.63, 3.8) is 0 Å². The zero-order valence-electron chi connectivity index (χ0n) is 11.8. The summed E-state index contributed by atoms with van der Waals surface area (Å²) in [6.45, 7) is 1.06. The maximum Gasteiger partial charge on any atom is 0.326 e. The number of hydrogen-bond donors (Lipinski definition) is 5. The number of aliphatic carboxylic acids is 2. The van der Waals surface area contributed by atoms with E-state index in [0.29, 0.717) is 12.8 Å². The second-order valence-electron chi connectivity index (χ2n) is 4.54. The molecule has 0 fully saturated rings. The topological polar surface area (TPSA) is 159 Å². The van der Waals surface area contributed by atoms with Crippen LogP contribution in [0.2, 0.25) is 0 Å². The molecule has 0 rings (SSSR count). The van der Waals surface area contributed by atoms with Gasteiger partial charge in [0.15, 0.2) is 0 Å². The molecular weight excluding hydrogens is 282 g/mol. The maximum absolute atomic E-state index is 11.4. The molecule has 0 aliphatic rings.